The molecule has 0 spiro atoms. The minimum Gasteiger partial charge on any atom is -0.490 e. The summed E-state index contributed by atoms with van der Waals surface area (Å²) < 4.78 is 17.4. The van der Waals surface area contributed by atoms with Crippen LogP contribution in [0.2, 0.25) is 0 Å². The zero-order chi connectivity index (χ0) is 25.2. The van der Waals surface area contributed by atoms with Crippen LogP contribution in [0.1, 0.15) is 18.1 Å². The molecule has 0 saturated carbocycles. The number of carbonyl (C=O) groups is 1. The molecule has 0 radical (unpaired) electrons. The quantitative estimate of drug-likeness (QED) is 0.265. The molecule has 7 heteroatoms. The second-order valence-electron chi connectivity index (χ2n) is 8.24. The van der Waals surface area contributed by atoms with E-state index in [9.17, 15) is 9.90 Å². The van der Waals surface area contributed by atoms with Gasteiger partial charge in [0.1, 0.15) is 30.5 Å². The van der Waals surface area contributed by atoms with Crippen LogP contribution >= 0.6 is 0 Å². The number of aromatic nitrogens is 1. The number of ether oxygens (including phenoxy) is 3. The van der Waals surface area contributed by atoms with Gasteiger partial charge in [-0.15, -0.1) is 0 Å². The van der Waals surface area contributed by atoms with E-state index >= 15 is 0 Å². The molecule has 36 heavy (non-hydrogen) atoms. The van der Waals surface area contributed by atoms with E-state index in [2.05, 4.69) is 4.98 Å². The number of hydrogen-bond acceptors (Lipinski definition) is 5. The van der Waals surface area contributed by atoms with Crippen molar-refractivity contribution in [3.05, 3.63) is 114 Å². The zero-order valence-electron chi connectivity index (χ0n) is 20.0. The van der Waals surface area contributed by atoms with Crippen molar-refractivity contribution in [2.45, 2.75) is 26.1 Å². The number of amides is 1. The Labute approximate surface area is 210 Å². The van der Waals surface area contributed by atoms with E-state index in [1.807, 2.05) is 91.9 Å². The van der Waals surface area contributed by atoms with Gasteiger partial charge in [0, 0.05) is 12.6 Å². The van der Waals surface area contributed by atoms with Gasteiger partial charge in [0.2, 0.25) is 5.88 Å². The lowest BCUT2D eigenvalue weighted by atomic mass is 10.2. The van der Waals surface area contributed by atoms with Gasteiger partial charge in [0.05, 0.1) is 12.2 Å². The van der Waals surface area contributed by atoms with Crippen molar-refractivity contribution in [3.63, 3.8) is 0 Å². The van der Waals surface area contributed by atoms with Crippen molar-refractivity contribution in [1.82, 2.24) is 9.88 Å². The summed E-state index contributed by atoms with van der Waals surface area (Å²) in [5, 5.41) is 9.61. The van der Waals surface area contributed by atoms with Gasteiger partial charge in [-0.05, 0) is 48.4 Å². The summed E-state index contributed by atoms with van der Waals surface area (Å²) in [7, 11) is 0. The van der Waals surface area contributed by atoms with Crippen LogP contribution in [0.3, 0.4) is 0 Å². The van der Waals surface area contributed by atoms with Crippen LogP contribution in [0.25, 0.3) is 0 Å². The molecule has 0 unspecified atom stereocenters. The third-order valence-corrected chi connectivity index (χ3v) is 5.47. The SMILES string of the molecule is C[C@@H](COc1ccc(Oc2ccc(OCc3ccccc3)cc2)nc1)N(Cc1ccccc1)C(=O)O. The van der Waals surface area contributed by atoms with Crippen LogP contribution in [0.5, 0.6) is 23.1 Å². The Kier molecular flexibility index (Phi) is 8.38. The van der Waals surface area contributed by atoms with Crippen LogP contribution in [-0.2, 0) is 13.2 Å². The third kappa shape index (κ3) is 7.24. The predicted octanol–water partition coefficient (Wildman–Crippen LogP) is 6.40. The molecule has 3 aromatic carbocycles. The van der Waals surface area contributed by atoms with E-state index in [1.54, 1.807) is 18.3 Å². The molecular weight excluding hydrogens is 456 g/mol. The summed E-state index contributed by atoms with van der Waals surface area (Å²) in [6.07, 6.45) is 0.565. The molecule has 1 amide bonds. The molecule has 1 aromatic heterocycles. The first kappa shape index (κ1) is 24.6. The average molecular weight is 485 g/mol. The third-order valence-electron chi connectivity index (χ3n) is 5.47. The maximum atomic E-state index is 11.7. The molecule has 7 nitrogen and oxygen atoms in total. The van der Waals surface area contributed by atoms with Crippen LogP contribution in [0.4, 0.5) is 4.79 Å². The fourth-order valence-corrected chi connectivity index (χ4v) is 3.48. The summed E-state index contributed by atoms with van der Waals surface area (Å²) >= 11 is 0. The van der Waals surface area contributed by atoms with E-state index in [-0.39, 0.29) is 12.6 Å². The lowest BCUT2D eigenvalue weighted by Gasteiger charge is -2.26. The number of carboxylic acid groups (broad SMARTS) is 1. The molecule has 4 rings (SSSR count). The van der Waals surface area contributed by atoms with Gasteiger partial charge in [-0.1, -0.05) is 60.7 Å². The summed E-state index contributed by atoms with van der Waals surface area (Å²) in [5.74, 6) is 2.34. The van der Waals surface area contributed by atoms with Crippen molar-refractivity contribution < 1.29 is 24.1 Å². The summed E-state index contributed by atoms with van der Waals surface area (Å²) in [5.41, 5.74) is 2.02. The molecule has 0 fully saturated rings. The van der Waals surface area contributed by atoms with Gasteiger partial charge in [-0.2, -0.15) is 0 Å². The Morgan fingerprint density at radius 2 is 1.42 bits per heavy atom. The molecule has 4 aromatic rings. The summed E-state index contributed by atoms with van der Waals surface area (Å²) in [6, 6.07) is 29.9. The highest BCUT2D eigenvalue weighted by atomic mass is 16.5. The van der Waals surface area contributed by atoms with E-state index in [4.69, 9.17) is 14.2 Å². The molecular formula is C29H28N2O5. The Morgan fingerprint density at radius 3 is 2.03 bits per heavy atom. The predicted molar refractivity (Wildman–Crippen MR) is 136 cm³/mol. The molecule has 1 N–H and O–H groups in total. The molecule has 184 valence electrons. The Hall–Kier alpha value is -4.52. The summed E-state index contributed by atoms with van der Waals surface area (Å²) in [4.78, 5) is 17.4. The highest BCUT2D eigenvalue weighted by molar-refractivity contribution is 5.65. The molecule has 0 saturated heterocycles. The van der Waals surface area contributed by atoms with Crippen LogP contribution < -0.4 is 14.2 Å². The zero-order valence-corrected chi connectivity index (χ0v) is 20.0. The van der Waals surface area contributed by atoms with E-state index in [1.165, 1.54) is 4.90 Å². The van der Waals surface area contributed by atoms with Crippen LogP contribution in [0.15, 0.2) is 103 Å². The minimum absolute atomic E-state index is 0.200. The van der Waals surface area contributed by atoms with Gasteiger partial charge < -0.3 is 19.3 Å². The van der Waals surface area contributed by atoms with Crippen LogP contribution in [-0.4, -0.2) is 33.7 Å². The monoisotopic (exact) mass is 484 g/mol. The van der Waals surface area contributed by atoms with Gasteiger partial charge >= 0.3 is 6.09 Å². The minimum atomic E-state index is -0.992. The largest absolute Gasteiger partial charge is 0.490 e. The Morgan fingerprint density at radius 1 is 0.806 bits per heavy atom. The molecule has 0 bridgehead atoms. The first-order valence-electron chi connectivity index (χ1n) is 11.6. The van der Waals surface area contributed by atoms with Crippen molar-refractivity contribution in [2.75, 3.05) is 6.61 Å². The number of nitrogens with zero attached hydrogens (tertiary/aromatic N) is 2. The Bertz CT molecular complexity index is 1220. The number of pyridine rings is 1. The smallest absolute Gasteiger partial charge is 0.407 e. The van der Waals surface area contributed by atoms with Gasteiger partial charge in [0.15, 0.2) is 0 Å². The fraction of sp³-hybridized carbons (Fsp3) is 0.172. The van der Waals surface area contributed by atoms with E-state index in [0.717, 1.165) is 16.9 Å². The lowest BCUT2D eigenvalue weighted by Crippen LogP contribution is -2.40. The van der Waals surface area contributed by atoms with Crippen LogP contribution in [0, 0.1) is 0 Å². The van der Waals surface area contributed by atoms with Gasteiger partial charge in [-0.25, -0.2) is 9.78 Å². The van der Waals surface area contributed by atoms with Gasteiger partial charge in [-0.3, -0.25) is 4.90 Å². The standard InChI is InChI=1S/C29H28N2O5/c1-22(31(29(32)33)19-23-8-4-2-5-9-23)20-34-27-16-17-28(30-18-27)36-26-14-12-25(13-15-26)35-21-24-10-6-3-7-11-24/h2-18,22H,19-21H2,1H3,(H,32,33)/t22-/m0/s1. The first-order chi connectivity index (χ1) is 17.6. The van der Waals surface area contributed by atoms with Crippen molar-refractivity contribution in [1.29, 1.82) is 0 Å². The molecule has 0 aliphatic heterocycles. The van der Waals surface area contributed by atoms with Crippen molar-refractivity contribution in [3.8, 4) is 23.1 Å². The fourth-order valence-electron chi connectivity index (χ4n) is 3.48. The number of hydrogen-bond donors (Lipinski definition) is 1. The van der Waals surface area contributed by atoms with E-state index < -0.39 is 6.09 Å². The average Bonchev–Trinajstić information content (AvgIpc) is 2.92. The van der Waals surface area contributed by atoms with Gasteiger partial charge in [0.25, 0.3) is 0 Å². The highest BCUT2D eigenvalue weighted by Gasteiger charge is 2.20. The molecule has 1 heterocycles. The molecule has 1 atom stereocenters. The molecule has 0 aliphatic carbocycles. The summed E-state index contributed by atoms with van der Waals surface area (Å²) in [6.45, 7) is 2.81. The lowest BCUT2D eigenvalue weighted by molar-refractivity contribution is 0.105. The number of benzene rings is 3. The second kappa shape index (κ2) is 12.3. The Balaban J connectivity index is 1.26. The van der Waals surface area contributed by atoms with Crippen molar-refractivity contribution >= 4 is 6.09 Å². The van der Waals surface area contributed by atoms with Crippen molar-refractivity contribution in [2.24, 2.45) is 0 Å². The maximum absolute atomic E-state index is 11.7. The molecule has 0 aliphatic rings. The first-order valence-corrected chi connectivity index (χ1v) is 11.6. The second-order valence-corrected chi connectivity index (χ2v) is 8.24. The maximum Gasteiger partial charge on any atom is 0.407 e. The number of rotatable bonds is 11. The van der Waals surface area contributed by atoms with E-state index in [0.29, 0.717) is 30.5 Å². The highest BCUT2D eigenvalue weighted by Crippen LogP contribution is 2.24. The topological polar surface area (TPSA) is 81.1 Å². The normalized spacial score (nSPS) is 11.4.